The maximum Gasteiger partial charge on any atom is 0.348 e. The Morgan fingerprint density at radius 3 is 2.46 bits per heavy atom. The van der Waals surface area contributed by atoms with E-state index in [4.69, 9.17) is 9.47 Å². The van der Waals surface area contributed by atoms with Crippen LogP contribution in [0, 0.1) is 6.92 Å². The first-order chi connectivity index (χ1) is 11.6. The summed E-state index contributed by atoms with van der Waals surface area (Å²) in [4.78, 5) is 25.2. The third kappa shape index (κ3) is 3.30. The minimum absolute atomic E-state index is 0.0168. The zero-order valence-corrected chi connectivity index (χ0v) is 14.1. The van der Waals surface area contributed by atoms with E-state index >= 15 is 0 Å². The lowest BCUT2D eigenvalue weighted by molar-refractivity contribution is 0.0268. The van der Waals surface area contributed by atoms with Crippen molar-refractivity contribution >= 4 is 33.5 Å². The van der Waals surface area contributed by atoms with Crippen LogP contribution in [0.15, 0.2) is 36.4 Å². The molecule has 0 N–H and O–H groups in total. The van der Waals surface area contributed by atoms with Crippen LogP contribution >= 0.6 is 11.3 Å². The maximum absolute atomic E-state index is 12.1. The topological polar surface area (TPSA) is 70.4 Å². The average Bonchev–Trinajstić information content (AvgIpc) is 3.14. The van der Waals surface area contributed by atoms with Crippen LogP contribution in [0.5, 0.6) is 0 Å². The van der Waals surface area contributed by atoms with Gasteiger partial charge in [0.2, 0.25) is 0 Å². The molecule has 0 fully saturated rings. The number of benzene rings is 1. The third-order valence-electron chi connectivity index (χ3n) is 3.46. The number of hydrogen-bond acceptors (Lipinski definition) is 6. The molecule has 2 heterocycles. The zero-order valence-electron chi connectivity index (χ0n) is 13.3. The summed E-state index contributed by atoms with van der Waals surface area (Å²) < 4.78 is 12.0. The van der Waals surface area contributed by atoms with Crippen LogP contribution in [0.1, 0.15) is 25.7 Å². The number of carbonyl (C=O) groups excluding carboxylic acids is 2. The molecule has 2 aromatic heterocycles. The summed E-state index contributed by atoms with van der Waals surface area (Å²) in [6.07, 6.45) is 0. The SMILES string of the molecule is Cc1nn(C)c2sc(C(=O)OCCOC(=O)c3ccccc3)cc12. The lowest BCUT2D eigenvalue weighted by Crippen LogP contribution is -2.13. The highest BCUT2D eigenvalue weighted by atomic mass is 32.1. The number of rotatable bonds is 5. The zero-order chi connectivity index (χ0) is 17.1. The van der Waals surface area contributed by atoms with Crippen molar-refractivity contribution in [3.05, 3.63) is 52.5 Å². The minimum atomic E-state index is -0.435. The Morgan fingerprint density at radius 2 is 1.79 bits per heavy atom. The number of fused-ring (bicyclic) bond motifs is 1. The van der Waals surface area contributed by atoms with Gasteiger partial charge in [-0.2, -0.15) is 5.10 Å². The van der Waals surface area contributed by atoms with E-state index in [0.717, 1.165) is 15.9 Å². The third-order valence-corrected chi connectivity index (χ3v) is 4.64. The van der Waals surface area contributed by atoms with E-state index in [2.05, 4.69) is 5.10 Å². The molecule has 3 aromatic rings. The number of aryl methyl sites for hydroxylation is 2. The number of nitrogens with zero attached hydrogens (tertiary/aromatic N) is 2. The number of esters is 2. The number of hydrogen-bond donors (Lipinski definition) is 0. The molecule has 0 radical (unpaired) electrons. The lowest BCUT2D eigenvalue weighted by Gasteiger charge is -2.05. The highest BCUT2D eigenvalue weighted by molar-refractivity contribution is 7.20. The molecule has 124 valence electrons. The molecule has 7 heteroatoms. The molecule has 0 spiro atoms. The van der Waals surface area contributed by atoms with E-state index in [9.17, 15) is 9.59 Å². The van der Waals surface area contributed by atoms with E-state index in [1.807, 2.05) is 20.0 Å². The second kappa shape index (κ2) is 6.84. The van der Waals surface area contributed by atoms with E-state index in [1.54, 1.807) is 35.0 Å². The van der Waals surface area contributed by atoms with Crippen LogP contribution in [0.25, 0.3) is 10.2 Å². The first-order valence-electron chi connectivity index (χ1n) is 7.38. The van der Waals surface area contributed by atoms with Crippen LogP contribution in [0.2, 0.25) is 0 Å². The van der Waals surface area contributed by atoms with Gasteiger partial charge >= 0.3 is 11.9 Å². The molecule has 0 bridgehead atoms. The average molecular weight is 344 g/mol. The van der Waals surface area contributed by atoms with Crippen molar-refractivity contribution in [2.45, 2.75) is 6.92 Å². The molecule has 0 saturated heterocycles. The van der Waals surface area contributed by atoms with Crippen molar-refractivity contribution in [3.63, 3.8) is 0 Å². The number of ether oxygens (including phenoxy) is 2. The Bertz CT molecular complexity index is 848. The molecular weight excluding hydrogens is 328 g/mol. The Labute approximate surface area is 142 Å². The van der Waals surface area contributed by atoms with Crippen LogP contribution in [-0.2, 0) is 16.5 Å². The molecule has 0 aliphatic heterocycles. The smallest absolute Gasteiger partial charge is 0.348 e. The van der Waals surface area contributed by atoms with Crippen LogP contribution < -0.4 is 0 Å². The highest BCUT2D eigenvalue weighted by Crippen LogP contribution is 2.28. The van der Waals surface area contributed by atoms with E-state index < -0.39 is 11.9 Å². The van der Waals surface area contributed by atoms with Gasteiger partial charge in [0.25, 0.3) is 0 Å². The number of thiophene rings is 1. The Morgan fingerprint density at radius 1 is 1.12 bits per heavy atom. The van der Waals surface area contributed by atoms with Gasteiger partial charge in [-0.3, -0.25) is 4.68 Å². The standard InChI is InChI=1S/C17H16N2O4S/c1-11-13-10-14(24-15(13)19(2)18-11)17(21)23-9-8-22-16(20)12-6-4-3-5-7-12/h3-7,10H,8-9H2,1-2H3. The Hall–Kier alpha value is -2.67. The van der Waals surface area contributed by atoms with Crippen molar-refractivity contribution in [2.75, 3.05) is 13.2 Å². The summed E-state index contributed by atoms with van der Waals surface area (Å²) in [7, 11) is 1.84. The first kappa shape index (κ1) is 16.2. The fraction of sp³-hybridized carbons (Fsp3) is 0.235. The quantitative estimate of drug-likeness (QED) is 0.526. The van der Waals surface area contributed by atoms with Gasteiger partial charge in [0.05, 0.1) is 11.3 Å². The summed E-state index contributed by atoms with van der Waals surface area (Å²) in [6, 6.07) is 10.5. The molecule has 3 rings (SSSR count). The second-order valence-electron chi connectivity index (χ2n) is 5.18. The largest absolute Gasteiger partial charge is 0.458 e. The Kier molecular flexibility index (Phi) is 4.61. The Balaban J connectivity index is 1.52. The molecule has 0 aliphatic carbocycles. The lowest BCUT2D eigenvalue weighted by atomic mass is 10.2. The van der Waals surface area contributed by atoms with Crippen LogP contribution in [-0.4, -0.2) is 34.9 Å². The monoisotopic (exact) mass is 344 g/mol. The van der Waals surface area contributed by atoms with Gasteiger partial charge < -0.3 is 9.47 Å². The molecule has 0 saturated carbocycles. The van der Waals surface area contributed by atoms with Gasteiger partial charge in [-0.05, 0) is 25.1 Å². The molecule has 0 amide bonds. The van der Waals surface area contributed by atoms with Crippen molar-refractivity contribution in [1.82, 2.24) is 9.78 Å². The van der Waals surface area contributed by atoms with Crippen molar-refractivity contribution < 1.29 is 19.1 Å². The second-order valence-corrected chi connectivity index (χ2v) is 6.21. The first-order valence-corrected chi connectivity index (χ1v) is 8.20. The van der Waals surface area contributed by atoms with Gasteiger partial charge in [-0.1, -0.05) is 18.2 Å². The number of carbonyl (C=O) groups is 2. The molecule has 0 unspecified atom stereocenters. The predicted octanol–water partition coefficient (Wildman–Crippen LogP) is 2.96. The summed E-state index contributed by atoms with van der Waals surface area (Å²) in [6.45, 7) is 1.93. The van der Waals surface area contributed by atoms with E-state index in [1.165, 1.54) is 11.3 Å². The fourth-order valence-electron chi connectivity index (χ4n) is 2.30. The molecule has 24 heavy (non-hydrogen) atoms. The normalized spacial score (nSPS) is 10.8. The summed E-state index contributed by atoms with van der Waals surface area (Å²) in [5.41, 5.74) is 1.34. The van der Waals surface area contributed by atoms with Crippen molar-refractivity contribution in [2.24, 2.45) is 7.05 Å². The van der Waals surface area contributed by atoms with Crippen LogP contribution in [0.3, 0.4) is 0 Å². The summed E-state index contributed by atoms with van der Waals surface area (Å²) in [5, 5.41) is 5.24. The minimum Gasteiger partial charge on any atom is -0.458 e. The molecule has 0 atom stereocenters. The molecule has 0 aliphatic rings. The molecule has 1 aromatic carbocycles. The summed E-state index contributed by atoms with van der Waals surface area (Å²) in [5.74, 6) is -0.860. The summed E-state index contributed by atoms with van der Waals surface area (Å²) >= 11 is 1.33. The van der Waals surface area contributed by atoms with Crippen molar-refractivity contribution in [1.29, 1.82) is 0 Å². The van der Waals surface area contributed by atoms with Gasteiger partial charge in [-0.25, -0.2) is 9.59 Å². The number of aromatic nitrogens is 2. The predicted molar refractivity (Wildman–Crippen MR) is 90.3 cm³/mol. The highest BCUT2D eigenvalue weighted by Gasteiger charge is 2.16. The maximum atomic E-state index is 12.1. The fourth-order valence-corrected chi connectivity index (χ4v) is 3.32. The van der Waals surface area contributed by atoms with E-state index in [0.29, 0.717) is 10.4 Å². The van der Waals surface area contributed by atoms with Crippen LogP contribution in [0.4, 0.5) is 0 Å². The van der Waals surface area contributed by atoms with Crippen molar-refractivity contribution in [3.8, 4) is 0 Å². The van der Waals surface area contributed by atoms with Gasteiger partial charge in [0.1, 0.15) is 22.9 Å². The molecule has 6 nitrogen and oxygen atoms in total. The van der Waals surface area contributed by atoms with Gasteiger partial charge in [0.15, 0.2) is 0 Å². The van der Waals surface area contributed by atoms with Gasteiger partial charge in [0, 0.05) is 12.4 Å². The van der Waals surface area contributed by atoms with Gasteiger partial charge in [-0.15, -0.1) is 11.3 Å². The van der Waals surface area contributed by atoms with E-state index in [-0.39, 0.29) is 13.2 Å². The molecular formula is C17H16N2O4S.